The van der Waals surface area contributed by atoms with Gasteiger partial charge in [-0.1, -0.05) is 35.9 Å². The highest BCUT2D eigenvalue weighted by atomic mass is 16.4. The Labute approximate surface area is 145 Å². The number of carbonyl (C=O) groups is 2. The Morgan fingerprint density at radius 1 is 1.08 bits per heavy atom. The monoisotopic (exact) mass is 337 g/mol. The van der Waals surface area contributed by atoms with Crippen LogP contribution in [0.25, 0.3) is 16.9 Å². The molecule has 3 aromatic rings. The number of nitrogens with zero attached hydrogens (tertiary/aromatic N) is 3. The summed E-state index contributed by atoms with van der Waals surface area (Å²) in [6.07, 6.45) is 1.84. The molecule has 3 rings (SSSR count). The van der Waals surface area contributed by atoms with Crippen LogP contribution in [0.2, 0.25) is 0 Å². The summed E-state index contributed by atoms with van der Waals surface area (Å²) in [6.45, 7) is 3.55. The predicted molar refractivity (Wildman–Crippen MR) is 94.7 cm³/mol. The molecule has 0 aliphatic heterocycles. The summed E-state index contributed by atoms with van der Waals surface area (Å²) in [6, 6.07) is 11.5. The van der Waals surface area contributed by atoms with Crippen LogP contribution in [0.15, 0.2) is 42.6 Å². The topological polar surface area (TPSA) is 74.9 Å². The lowest BCUT2D eigenvalue weighted by molar-refractivity contribution is -0.137. The molecular formula is C19H19N3O3. The number of aliphatic carboxylic acids is 1. The summed E-state index contributed by atoms with van der Waals surface area (Å²) < 4.78 is 1.73. The number of aryl methyl sites for hydroxylation is 2. The Balaban J connectivity index is 2.21. The van der Waals surface area contributed by atoms with Crippen LogP contribution in [-0.2, 0) is 4.79 Å². The molecule has 6 heteroatoms. The van der Waals surface area contributed by atoms with Gasteiger partial charge in [0.15, 0.2) is 0 Å². The number of likely N-dealkylation sites (N-methyl/N-ethyl adjacent to an activating group) is 1. The van der Waals surface area contributed by atoms with Crippen LogP contribution >= 0.6 is 0 Å². The van der Waals surface area contributed by atoms with Crippen molar-refractivity contribution in [3.05, 3.63) is 59.4 Å². The molecule has 1 N–H and O–H groups in total. The molecule has 0 aliphatic rings. The molecule has 2 aromatic heterocycles. The molecule has 128 valence electrons. The maximum Gasteiger partial charge on any atom is 0.323 e. The van der Waals surface area contributed by atoms with Crippen molar-refractivity contribution in [1.82, 2.24) is 14.3 Å². The molecule has 0 fully saturated rings. The van der Waals surface area contributed by atoms with Gasteiger partial charge in [0.05, 0.1) is 0 Å². The molecule has 6 nitrogen and oxygen atoms in total. The Bertz CT molecular complexity index is 958. The molecule has 0 radical (unpaired) electrons. The lowest BCUT2D eigenvalue weighted by Crippen LogP contribution is -2.33. The number of amides is 1. The van der Waals surface area contributed by atoms with E-state index in [1.807, 2.05) is 56.4 Å². The van der Waals surface area contributed by atoms with Gasteiger partial charge in [-0.15, -0.1) is 0 Å². The number of rotatable bonds is 4. The molecule has 0 unspecified atom stereocenters. The lowest BCUT2D eigenvalue weighted by Gasteiger charge is -2.15. The van der Waals surface area contributed by atoms with Crippen molar-refractivity contribution < 1.29 is 14.7 Å². The second-order valence-corrected chi connectivity index (χ2v) is 6.16. The largest absolute Gasteiger partial charge is 0.480 e. The third-order valence-corrected chi connectivity index (χ3v) is 4.01. The van der Waals surface area contributed by atoms with Crippen molar-refractivity contribution in [1.29, 1.82) is 0 Å². The Morgan fingerprint density at radius 2 is 1.72 bits per heavy atom. The minimum Gasteiger partial charge on any atom is -0.480 e. The van der Waals surface area contributed by atoms with Gasteiger partial charge in [0.1, 0.15) is 23.6 Å². The molecule has 0 aliphatic carbocycles. The number of aromatic nitrogens is 2. The van der Waals surface area contributed by atoms with Gasteiger partial charge in [0.2, 0.25) is 0 Å². The molecule has 2 heterocycles. The average Bonchev–Trinajstić information content (AvgIpc) is 2.92. The SMILES string of the molecule is Cc1ccc(-c2nc3ccc(C)cn3c2C(=O)N(C)CC(=O)O)cc1. The summed E-state index contributed by atoms with van der Waals surface area (Å²) >= 11 is 0. The van der Waals surface area contributed by atoms with Crippen LogP contribution in [0.1, 0.15) is 21.6 Å². The third-order valence-electron chi connectivity index (χ3n) is 4.01. The molecule has 0 saturated carbocycles. The second-order valence-electron chi connectivity index (χ2n) is 6.16. The van der Waals surface area contributed by atoms with Crippen LogP contribution in [0, 0.1) is 13.8 Å². The van der Waals surface area contributed by atoms with Crippen molar-refractivity contribution in [3.8, 4) is 11.3 Å². The van der Waals surface area contributed by atoms with E-state index in [1.54, 1.807) is 4.40 Å². The molecular weight excluding hydrogens is 318 g/mol. The van der Waals surface area contributed by atoms with Gasteiger partial charge >= 0.3 is 5.97 Å². The second kappa shape index (κ2) is 6.39. The van der Waals surface area contributed by atoms with Gasteiger partial charge in [0, 0.05) is 18.8 Å². The van der Waals surface area contributed by atoms with E-state index < -0.39 is 5.97 Å². The number of carboxylic acid groups (broad SMARTS) is 1. The van der Waals surface area contributed by atoms with E-state index in [-0.39, 0.29) is 12.5 Å². The van der Waals surface area contributed by atoms with Gasteiger partial charge in [-0.3, -0.25) is 14.0 Å². The number of hydrogen-bond acceptors (Lipinski definition) is 3. The van der Waals surface area contributed by atoms with Crippen LogP contribution in [-0.4, -0.2) is 44.9 Å². The zero-order chi connectivity index (χ0) is 18.1. The van der Waals surface area contributed by atoms with Gasteiger partial charge in [-0.2, -0.15) is 0 Å². The molecule has 0 bridgehead atoms. The smallest absolute Gasteiger partial charge is 0.323 e. The summed E-state index contributed by atoms with van der Waals surface area (Å²) in [5, 5.41) is 8.99. The van der Waals surface area contributed by atoms with Gasteiger partial charge < -0.3 is 10.0 Å². The zero-order valence-electron chi connectivity index (χ0n) is 14.4. The Morgan fingerprint density at radius 3 is 2.36 bits per heavy atom. The van der Waals surface area contributed by atoms with E-state index >= 15 is 0 Å². The van der Waals surface area contributed by atoms with Crippen molar-refractivity contribution in [3.63, 3.8) is 0 Å². The maximum atomic E-state index is 12.9. The molecule has 25 heavy (non-hydrogen) atoms. The fraction of sp³-hybridized carbons (Fsp3) is 0.211. The number of carboxylic acids is 1. The summed E-state index contributed by atoms with van der Waals surface area (Å²) in [5.74, 6) is -1.44. The molecule has 0 saturated heterocycles. The van der Waals surface area contributed by atoms with E-state index in [2.05, 4.69) is 4.98 Å². The average molecular weight is 337 g/mol. The number of pyridine rings is 1. The molecule has 1 aromatic carbocycles. The van der Waals surface area contributed by atoms with E-state index in [4.69, 9.17) is 5.11 Å². The van der Waals surface area contributed by atoms with Crippen molar-refractivity contribution in [2.45, 2.75) is 13.8 Å². The summed E-state index contributed by atoms with van der Waals surface area (Å²) in [5.41, 5.74) is 4.47. The molecule has 0 atom stereocenters. The fourth-order valence-corrected chi connectivity index (χ4v) is 2.72. The normalized spacial score (nSPS) is 10.8. The van der Waals surface area contributed by atoms with Crippen LogP contribution < -0.4 is 0 Å². The first-order valence-corrected chi connectivity index (χ1v) is 7.90. The van der Waals surface area contributed by atoms with E-state index in [0.717, 1.165) is 16.7 Å². The molecule has 0 spiro atoms. The van der Waals surface area contributed by atoms with E-state index in [9.17, 15) is 9.59 Å². The third kappa shape index (κ3) is 3.24. The van der Waals surface area contributed by atoms with Gasteiger partial charge in [-0.25, -0.2) is 4.98 Å². The van der Waals surface area contributed by atoms with Crippen LogP contribution in [0.4, 0.5) is 0 Å². The van der Waals surface area contributed by atoms with Crippen molar-refractivity contribution in [2.75, 3.05) is 13.6 Å². The number of fused-ring (bicyclic) bond motifs is 1. The highest BCUT2D eigenvalue weighted by Gasteiger charge is 2.24. The fourth-order valence-electron chi connectivity index (χ4n) is 2.72. The van der Waals surface area contributed by atoms with Crippen molar-refractivity contribution >= 4 is 17.5 Å². The highest BCUT2D eigenvalue weighted by molar-refractivity contribution is 6.00. The first-order chi connectivity index (χ1) is 11.9. The first-order valence-electron chi connectivity index (χ1n) is 7.90. The number of hydrogen-bond donors (Lipinski definition) is 1. The maximum absolute atomic E-state index is 12.9. The minimum absolute atomic E-state index is 0.367. The molecule has 1 amide bonds. The lowest BCUT2D eigenvalue weighted by atomic mass is 10.1. The quantitative estimate of drug-likeness (QED) is 0.794. The number of carbonyl (C=O) groups excluding carboxylic acids is 1. The van der Waals surface area contributed by atoms with E-state index in [0.29, 0.717) is 17.0 Å². The predicted octanol–water partition coefficient (Wildman–Crippen LogP) is 2.77. The van der Waals surface area contributed by atoms with Crippen LogP contribution in [0.3, 0.4) is 0 Å². The summed E-state index contributed by atoms with van der Waals surface area (Å²) in [7, 11) is 1.48. The van der Waals surface area contributed by atoms with E-state index in [1.165, 1.54) is 11.9 Å². The van der Waals surface area contributed by atoms with Crippen molar-refractivity contribution in [2.24, 2.45) is 0 Å². The summed E-state index contributed by atoms with van der Waals surface area (Å²) in [4.78, 5) is 29.7. The van der Waals surface area contributed by atoms with Gasteiger partial charge in [0.25, 0.3) is 5.91 Å². The number of benzene rings is 1. The standard InChI is InChI=1S/C19H19N3O3/c1-12-4-7-14(8-5-12)17-18(19(25)21(3)11-16(23)24)22-10-13(2)6-9-15(22)20-17/h4-10H,11H2,1-3H3,(H,23,24). The first kappa shape index (κ1) is 16.7. The number of imidazole rings is 1. The Kier molecular flexibility index (Phi) is 4.27. The highest BCUT2D eigenvalue weighted by Crippen LogP contribution is 2.26. The zero-order valence-corrected chi connectivity index (χ0v) is 14.4. The van der Waals surface area contributed by atoms with Gasteiger partial charge in [-0.05, 0) is 25.5 Å². The Hall–Kier alpha value is -3.15. The van der Waals surface area contributed by atoms with Crippen LogP contribution in [0.5, 0.6) is 0 Å². The minimum atomic E-state index is -1.06.